The van der Waals surface area contributed by atoms with E-state index in [0.29, 0.717) is 29.9 Å². The van der Waals surface area contributed by atoms with E-state index in [4.69, 9.17) is 4.74 Å². The number of nitrogens with one attached hydrogen (secondary N) is 3. The van der Waals surface area contributed by atoms with Crippen LogP contribution in [0.15, 0.2) is 54.6 Å². The highest BCUT2D eigenvalue weighted by atomic mass is 16.5. The van der Waals surface area contributed by atoms with Gasteiger partial charge in [0.2, 0.25) is 0 Å². The van der Waals surface area contributed by atoms with E-state index in [0.717, 1.165) is 30.6 Å². The average Bonchev–Trinajstić information content (AvgIpc) is 2.76. The number of fused-ring (bicyclic) bond motifs is 2. The van der Waals surface area contributed by atoms with Crippen molar-refractivity contribution in [3.05, 3.63) is 65.7 Å². The van der Waals surface area contributed by atoms with Gasteiger partial charge in [0.1, 0.15) is 12.4 Å². The molecule has 170 valence electrons. The molecule has 0 saturated heterocycles. The molecule has 2 aromatic rings. The van der Waals surface area contributed by atoms with E-state index in [1.165, 1.54) is 12.8 Å². The van der Waals surface area contributed by atoms with Crippen molar-refractivity contribution in [1.82, 2.24) is 16.2 Å². The van der Waals surface area contributed by atoms with Gasteiger partial charge in [-0.1, -0.05) is 44.2 Å². The lowest BCUT2D eigenvalue weighted by molar-refractivity contribution is 0.0616. The second-order valence-corrected chi connectivity index (χ2v) is 9.77. The van der Waals surface area contributed by atoms with Gasteiger partial charge in [-0.2, -0.15) is 0 Å². The van der Waals surface area contributed by atoms with E-state index < -0.39 is 0 Å². The molecule has 0 heterocycles. The first-order chi connectivity index (χ1) is 15.4. The number of benzene rings is 2. The van der Waals surface area contributed by atoms with Crippen LogP contribution >= 0.6 is 0 Å². The standard InChI is InChI=1S/C26H33N3O3/c1-18-12-21-13-19(2)15-26(14-18,16-21)27-25(31)29-28-24(30)22-10-8-20(9-11-22)17-32-23-6-4-3-5-7-23/h3-11,18-19,21H,12-17H2,1-2H3,(H,28,30)(H2,27,29,31). The topological polar surface area (TPSA) is 79.5 Å². The molecule has 3 amide bonds. The number of ether oxygens (including phenoxy) is 1. The number of hydrazine groups is 1. The van der Waals surface area contributed by atoms with Crippen molar-refractivity contribution in [3.63, 3.8) is 0 Å². The van der Waals surface area contributed by atoms with Crippen molar-refractivity contribution in [1.29, 1.82) is 0 Å². The molecule has 0 spiro atoms. The van der Waals surface area contributed by atoms with Crippen LogP contribution in [0, 0.1) is 17.8 Å². The summed E-state index contributed by atoms with van der Waals surface area (Å²) in [6, 6.07) is 16.4. The molecule has 4 rings (SSSR count). The molecular weight excluding hydrogens is 402 g/mol. The van der Waals surface area contributed by atoms with Crippen LogP contribution in [-0.2, 0) is 6.61 Å². The van der Waals surface area contributed by atoms with E-state index in [9.17, 15) is 9.59 Å². The molecule has 0 radical (unpaired) electrons. The van der Waals surface area contributed by atoms with Gasteiger partial charge in [0.15, 0.2) is 0 Å². The summed E-state index contributed by atoms with van der Waals surface area (Å²) in [5.41, 5.74) is 6.35. The summed E-state index contributed by atoms with van der Waals surface area (Å²) in [7, 11) is 0. The lowest BCUT2D eigenvalue weighted by Gasteiger charge is -2.50. The minimum atomic E-state index is -0.347. The fourth-order valence-electron chi connectivity index (χ4n) is 5.75. The molecule has 0 aromatic heterocycles. The fourth-order valence-corrected chi connectivity index (χ4v) is 5.75. The van der Waals surface area contributed by atoms with Crippen LogP contribution in [-0.4, -0.2) is 17.5 Å². The number of para-hydroxylation sites is 1. The van der Waals surface area contributed by atoms with Gasteiger partial charge in [-0.05, 0) is 79.7 Å². The highest BCUT2D eigenvalue weighted by molar-refractivity contribution is 5.95. The number of amides is 3. The highest BCUT2D eigenvalue weighted by Crippen LogP contribution is 2.47. The Morgan fingerprint density at radius 3 is 2.22 bits per heavy atom. The van der Waals surface area contributed by atoms with E-state index in [1.807, 2.05) is 42.5 Å². The van der Waals surface area contributed by atoms with Crippen molar-refractivity contribution in [2.45, 2.75) is 58.1 Å². The molecule has 3 N–H and O–H groups in total. The van der Waals surface area contributed by atoms with Crippen LogP contribution in [0.4, 0.5) is 4.79 Å². The normalized spacial score (nSPS) is 26.6. The third kappa shape index (κ3) is 5.61. The van der Waals surface area contributed by atoms with Gasteiger partial charge in [-0.25, -0.2) is 10.2 Å². The van der Waals surface area contributed by atoms with Gasteiger partial charge < -0.3 is 10.1 Å². The molecule has 2 aromatic carbocycles. The highest BCUT2D eigenvalue weighted by Gasteiger charge is 2.45. The Hall–Kier alpha value is -3.02. The van der Waals surface area contributed by atoms with Crippen molar-refractivity contribution >= 4 is 11.9 Å². The van der Waals surface area contributed by atoms with Gasteiger partial charge in [-0.15, -0.1) is 0 Å². The molecule has 2 saturated carbocycles. The van der Waals surface area contributed by atoms with Crippen LogP contribution in [0.3, 0.4) is 0 Å². The molecule has 32 heavy (non-hydrogen) atoms. The van der Waals surface area contributed by atoms with Gasteiger partial charge in [0.25, 0.3) is 5.91 Å². The maximum absolute atomic E-state index is 12.6. The molecule has 0 aliphatic heterocycles. The summed E-state index contributed by atoms with van der Waals surface area (Å²) in [4.78, 5) is 25.0. The Balaban J connectivity index is 1.26. The Morgan fingerprint density at radius 2 is 1.56 bits per heavy atom. The quantitative estimate of drug-likeness (QED) is 0.590. The Morgan fingerprint density at radius 1 is 0.906 bits per heavy atom. The number of carbonyl (C=O) groups is 2. The maximum atomic E-state index is 12.6. The molecular formula is C26H33N3O3. The molecule has 2 aliphatic rings. The van der Waals surface area contributed by atoms with Crippen LogP contribution in [0.1, 0.15) is 61.9 Å². The molecule has 2 fully saturated rings. The zero-order chi connectivity index (χ0) is 22.6. The smallest absolute Gasteiger partial charge is 0.333 e. The van der Waals surface area contributed by atoms with Crippen LogP contribution < -0.4 is 20.9 Å². The monoisotopic (exact) mass is 435 g/mol. The van der Waals surface area contributed by atoms with Crippen molar-refractivity contribution in [3.8, 4) is 5.75 Å². The van der Waals surface area contributed by atoms with Crippen molar-refractivity contribution in [2.24, 2.45) is 17.8 Å². The summed E-state index contributed by atoms with van der Waals surface area (Å²) < 4.78 is 5.73. The second kappa shape index (κ2) is 9.63. The van der Waals surface area contributed by atoms with E-state index in [1.54, 1.807) is 12.1 Å². The van der Waals surface area contributed by atoms with Crippen molar-refractivity contribution in [2.75, 3.05) is 0 Å². The zero-order valence-electron chi connectivity index (χ0n) is 18.9. The predicted molar refractivity (Wildman–Crippen MR) is 124 cm³/mol. The summed E-state index contributed by atoms with van der Waals surface area (Å²) in [6.07, 6.45) is 5.54. The summed E-state index contributed by atoms with van der Waals surface area (Å²) >= 11 is 0. The van der Waals surface area contributed by atoms with Gasteiger partial charge in [0, 0.05) is 11.1 Å². The second-order valence-electron chi connectivity index (χ2n) is 9.77. The lowest BCUT2D eigenvalue weighted by Crippen LogP contribution is -2.60. The van der Waals surface area contributed by atoms with Gasteiger partial charge in [-0.3, -0.25) is 10.2 Å². The third-order valence-corrected chi connectivity index (χ3v) is 6.66. The Kier molecular flexibility index (Phi) is 6.68. The zero-order valence-corrected chi connectivity index (χ0v) is 18.9. The lowest BCUT2D eigenvalue weighted by atomic mass is 9.61. The Bertz CT molecular complexity index is 910. The fraction of sp³-hybridized carbons (Fsp3) is 0.462. The van der Waals surface area contributed by atoms with Crippen LogP contribution in [0.25, 0.3) is 0 Å². The average molecular weight is 436 g/mol. The number of carbonyl (C=O) groups excluding carboxylic acids is 2. The number of hydrogen-bond acceptors (Lipinski definition) is 3. The minimum Gasteiger partial charge on any atom is -0.489 e. The summed E-state index contributed by atoms with van der Waals surface area (Å²) in [5.74, 6) is 2.36. The number of hydrogen-bond donors (Lipinski definition) is 3. The van der Waals surface area contributed by atoms with Gasteiger partial charge >= 0.3 is 6.03 Å². The van der Waals surface area contributed by atoms with E-state index in [2.05, 4.69) is 30.0 Å². The van der Waals surface area contributed by atoms with E-state index in [-0.39, 0.29) is 17.5 Å². The van der Waals surface area contributed by atoms with Crippen molar-refractivity contribution < 1.29 is 14.3 Å². The SMILES string of the molecule is CC1CC2CC(C)CC(NC(=O)NNC(=O)c3ccc(COc4ccccc4)cc3)(C1)C2. The first-order valence-electron chi connectivity index (χ1n) is 11.6. The maximum Gasteiger partial charge on any atom is 0.333 e. The van der Waals surface area contributed by atoms with E-state index >= 15 is 0 Å². The molecule has 2 atom stereocenters. The minimum absolute atomic E-state index is 0.158. The first-order valence-corrected chi connectivity index (χ1v) is 11.6. The molecule has 2 aliphatic carbocycles. The Labute approximate surface area is 190 Å². The molecule has 2 unspecified atom stereocenters. The van der Waals surface area contributed by atoms with Gasteiger partial charge in [0.05, 0.1) is 0 Å². The summed E-state index contributed by atoms with van der Waals surface area (Å²) in [6.45, 7) is 4.96. The third-order valence-electron chi connectivity index (χ3n) is 6.66. The number of urea groups is 1. The van der Waals surface area contributed by atoms with Crippen LogP contribution in [0.2, 0.25) is 0 Å². The summed E-state index contributed by atoms with van der Waals surface area (Å²) in [5, 5.41) is 3.19. The predicted octanol–water partition coefficient (Wildman–Crippen LogP) is 4.81. The first kappa shape index (κ1) is 22.2. The number of rotatable bonds is 5. The molecule has 6 heteroatoms. The molecule has 2 bridgehead atoms. The largest absolute Gasteiger partial charge is 0.489 e. The molecule has 6 nitrogen and oxygen atoms in total. The van der Waals surface area contributed by atoms with Crippen LogP contribution in [0.5, 0.6) is 5.75 Å².